The molecular formula is C20H19Br3N2O5. The Balaban J connectivity index is 1.25. The summed E-state index contributed by atoms with van der Waals surface area (Å²) in [6.45, 7) is -0.445. The largest absolute Gasteiger partial charge is 0.456 e. The summed E-state index contributed by atoms with van der Waals surface area (Å²) in [6, 6.07) is 6.99. The molecule has 4 rings (SSSR count). The van der Waals surface area contributed by atoms with Crippen LogP contribution in [0.3, 0.4) is 0 Å². The summed E-state index contributed by atoms with van der Waals surface area (Å²) in [4.78, 5) is 51.1. The minimum atomic E-state index is -0.627. The first kappa shape index (κ1) is 22.0. The van der Waals surface area contributed by atoms with Gasteiger partial charge in [-0.2, -0.15) is 0 Å². The van der Waals surface area contributed by atoms with Crippen LogP contribution in [0.5, 0.6) is 0 Å². The van der Waals surface area contributed by atoms with E-state index in [4.69, 9.17) is 4.74 Å². The van der Waals surface area contributed by atoms with Crippen molar-refractivity contribution < 1.29 is 23.9 Å². The monoisotopic (exact) mass is 604 g/mol. The van der Waals surface area contributed by atoms with Crippen LogP contribution in [0.25, 0.3) is 0 Å². The summed E-state index contributed by atoms with van der Waals surface area (Å²) in [5.41, 5.74) is 0.587. The van der Waals surface area contributed by atoms with E-state index in [9.17, 15) is 19.2 Å². The predicted octanol–water partition coefficient (Wildman–Crippen LogP) is 3.10. The molecule has 0 aromatic heterocycles. The quantitative estimate of drug-likeness (QED) is 0.305. The molecule has 7 nitrogen and oxygen atoms in total. The lowest BCUT2D eigenvalue weighted by molar-refractivity contribution is -0.149. The number of carbonyl (C=O) groups is 4. The molecule has 1 N–H and O–H groups in total. The Morgan fingerprint density at radius 1 is 1.03 bits per heavy atom. The van der Waals surface area contributed by atoms with Gasteiger partial charge in [0.15, 0.2) is 6.61 Å². The third-order valence-electron chi connectivity index (χ3n) is 6.11. The number of anilines is 1. The lowest BCUT2D eigenvalue weighted by atomic mass is 9.81. The molecule has 2 aliphatic carbocycles. The van der Waals surface area contributed by atoms with E-state index in [0.29, 0.717) is 5.69 Å². The fourth-order valence-electron chi connectivity index (χ4n) is 4.78. The van der Waals surface area contributed by atoms with E-state index in [1.807, 2.05) is 0 Å². The standard InChI is InChI=1S/C20H19Br3N2O5/c21-9-1-3-10(4-2-9)24-13(26)8-30-14(27)5-6-25-19(28)15-11-7-12(16(15)20(25)29)18(23)17(11)22/h1-4,11-12,15-18H,5-8H2,(H,24,26)/t11-,12-,15-,16-,17+,18+/m1/s1. The summed E-state index contributed by atoms with van der Waals surface area (Å²) < 4.78 is 5.87. The lowest BCUT2D eigenvalue weighted by Gasteiger charge is -2.28. The number of hydrogen-bond acceptors (Lipinski definition) is 5. The van der Waals surface area contributed by atoms with Crippen LogP contribution in [0.15, 0.2) is 28.7 Å². The molecule has 6 atom stereocenters. The number of ether oxygens (including phenoxy) is 1. The highest BCUT2D eigenvalue weighted by Gasteiger charge is 2.66. The van der Waals surface area contributed by atoms with Crippen molar-refractivity contribution in [1.29, 1.82) is 0 Å². The number of alkyl halides is 2. The Morgan fingerprint density at radius 3 is 2.17 bits per heavy atom. The van der Waals surface area contributed by atoms with Crippen LogP contribution in [-0.2, 0) is 23.9 Å². The maximum atomic E-state index is 12.8. The molecular weight excluding hydrogens is 588 g/mol. The molecule has 3 aliphatic rings. The lowest BCUT2D eigenvalue weighted by Crippen LogP contribution is -2.37. The van der Waals surface area contributed by atoms with Crippen molar-refractivity contribution in [3.8, 4) is 0 Å². The SMILES string of the molecule is O=C(COC(=O)CCN1C(=O)[C@@H]2[C@H]3C[C@@H]([C@H](Br)[C@H]3Br)[C@H]2C1=O)Nc1ccc(Br)cc1. The van der Waals surface area contributed by atoms with E-state index in [0.717, 1.165) is 10.9 Å². The number of amides is 3. The minimum absolute atomic E-state index is 0.0167. The summed E-state index contributed by atoms with van der Waals surface area (Å²) in [5.74, 6) is -1.79. The van der Waals surface area contributed by atoms with Crippen LogP contribution in [-0.4, -0.2) is 51.4 Å². The molecule has 0 unspecified atom stereocenters. The van der Waals surface area contributed by atoms with Crippen LogP contribution >= 0.6 is 47.8 Å². The van der Waals surface area contributed by atoms with Crippen LogP contribution < -0.4 is 5.32 Å². The Hall–Kier alpha value is -1.26. The highest BCUT2D eigenvalue weighted by molar-refractivity contribution is 9.12. The van der Waals surface area contributed by atoms with Crippen molar-refractivity contribution in [1.82, 2.24) is 4.90 Å². The molecule has 1 heterocycles. The first-order chi connectivity index (χ1) is 14.3. The number of nitrogens with zero attached hydrogens (tertiary/aromatic N) is 1. The van der Waals surface area contributed by atoms with Crippen molar-refractivity contribution in [2.75, 3.05) is 18.5 Å². The van der Waals surface area contributed by atoms with Crippen molar-refractivity contribution in [2.45, 2.75) is 22.5 Å². The molecule has 1 aromatic carbocycles. The van der Waals surface area contributed by atoms with E-state index < -0.39 is 18.5 Å². The third-order valence-corrected chi connectivity index (χ3v) is 9.85. The number of fused-ring (bicyclic) bond motifs is 5. The van der Waals surface area contributed by atoms with Gasteiger partial charge in [-0.25, -0.2) is 0 Å². The number of rotatable bonds is 6. The summed E-state index contributed by atoms with van der Waals surface area (Å²) in [7, 11) is 0. The Morgan fingerprint density at radius 2 is 1.60 bits per heavy atom. The maximum absolute atomic E-state index is 12.8. The maximum Gasteiger partial charge on any atom is 0.308 e. The van der Waals surface area contributed by atoms with Crippen LogP contribution in [0.2, 0.25) is 0 Å². The number of halogens is 3. The molecule has 10 heteroatoms. The minimum Gasteiger partial charge on any atom is -0.456 e. The molecule has 1 aromatic rings. The number of esters is 1. The Kier molecular flexibility index (Phi) is 6.37. The molecule has 2 bridgehead atoms. The topological polar surface area (TPSA) is 92.8 Å². The smallest absolute Gasteiger partial charge is 0.308 e. The molecule has 3 amide bonds. The molecule has 30 heavy (non-hydrogen) atoms. The van der Waals surface area contributed by atoms with Crippen molar-refractivity contribution in [3.63, 3.8) is 0 Å². The highest BCUT2D eigenvalue weighted by atomic mass is 79.9. The first-order valence-electron chi connectivity index (χ1n) is 9.62. The number of benzene rings is 1. The van der Waals surface area contributed by atoms with Gasteiger partial charge in [0.2, 0.25) is 11.8 Å². The van der Waals surface area contributed by atoms with E-state index >= 15 is 0 Å². The number of likely N-dealkylation sites (tertiary alicyclic amines) is 1. The van der Waals surface area contributed by atoms with Crippen LogP contribution in [0.1, 0.15) is 12.8 Å². The van der Waals surface area contributed by atoms with Gasteiger partial charge >= 0.3 is 5.97 Å². The Labute approximate surface area is 198 Å². The van der Waals surface area contributed by atoms with Gasteiger partial charge < -0.3 is 10.1 Å². The number of hydrogen-bond donors (Lipinski definition) is 1. The summed E-state index contributed by atoms with van der Waals surface area (Å²) in [5, 5.41) is 2.62. The fraction of sp³-hybridized carbons (Fsp3) is 0.500. The second-order valence-electron chi connectivity index (χ2n) is 7.80. The van der Waals surface area contributed by atoms with Gasteiger partial charge in [-0.1, -0.05) is 47.8 Å². The fourth-order valence-corrected chi connectivity index (χ4v) is 6.92. The van der Waals surface area contributed by atoms with E-state index in [1.54, 1.807) is 24.3 Å². The average molecular weight is 607 g/mol. The molecule has 0 spiro atoms. The van der Waals surface area contributed by atoms with Gasteiger partial charge in [-0.15, -0.1) is 0 Å². The van der Waals surface area contributed by atoms with Gasteiger partial charge in [0, 0.05) is 26.4 Å². The molecule has 1 aliphatic heterocycles. The molecule has 3 fully saturated rings. The summed E-state index contributed by atoms with van der Waals surface area (Å²) in [6.07, 6.45) is 0.731. The van der Waals surface area contributed by atoms with E-state index in [2.05, 4.69) is 53.1 Å². The Bertz CT molecular complexity index is 861. The average Bonchev–Trinajstić information content (AvgIpc) is 3.32. The third kappa shape index (κ3) is 3.98. The predicted molar refractivity (Wildman–Crippen MR) is 119 cm³/mol. The molecule has 0 radical (unpaired) electrons. The normalized spacial score (nSPS) is 31.8. The zero-order valence-electron chi connectivity index (χ0n) is 15.7. The zero-order valence-corrected chi connectivity index (χ0v) is 20.5. The van der Waals surface area contributed by atoms with Gasteiger partial charge in [-0.05, 0) is 42.5 Å². The van der Waals surface area contributed by atoms with Crippen LogP contribution in [0, 0.1) is 23.7 Å². The summed E-state index contributed by atoms with van der Waals surface area (Å²) >= 11 is 10.6. The zero-order chi connectivity index (χ0) is 21.6. The van der Waals surface area contributed by atoms with Crippen molar-refractivity contribution >= 4 is 77.2 Å². The first-order valence-corrected chi connectivity index (χ1v) is 12.2. The second-order valence-corrected chi connectivity index (χ2v) is 10.8. The number of nitrogens with one attached hydrogen (secondary N) is 1. The van der Waals surface area contributed by atoms with Gasteiger partial charge in [0.05, 0.1) is 18.3 Å². The molecule has 2 saturated carbocycles. The second kappa shape index (κ2) is 8.70. The van der Waals surface area contributed by atoms with E-state index in [1.165, 1.54) is 4.90 Å². The van der Waals surface area contributed by atoms with Crippen LogP contribution in [0.4, 0.5) is 5.69 Å². The highest BCUT2D eigenvalue weighted by Crippen LogP contribution is 2.60. The van der Waals surface area contributed by atoms with Gasteiger partial charge in [0.25, 0.3) is 5.91 Å². The van der Waals surface area contributed by atoms with Crippen molar-refractivity contribution in [3.05, 3.63) is 28.7 Å². The molecule has 1 saturated heterocycles. The number of carbonyl (C=O) groups excluding carboxylic acids is 4. The van der Waals surface area contributed by atoms with Gasteiger partial charge in [0.1, 0.15) is 0 Å². The van der Waals surface area contributed by atoms with Crippen molar-refractivity contribution in [2.24, 2.45) is 23.7 Å². The molecule has 160 valence electrons. The van der Waals surface area contributed by atoms with E-state index in [-0.39, 0.29) is 58.1 Å². The number of imide groups is 1. The van der Waals surface area contributed by atoms with Gasteiger partial charge in [-0.3, -0.25) is 24.1 Å².